The maximum Gasteiger partial charge on any atom is 0.303 e. The molecule has 0 saturated heterocycles. The van der Waals surface area contributed by atoms with E-state index in [1.807, 2.05) is 6.92 Å². The largest absolute Gasteiger partial charge is 0.481 e. The average molecular weight is 218 g/mol. The maximum absolute atomic E-state index is 10.3. The summed E-state index contributed by atoms with van der Waals surface area (Å²) < 4.78 is 6.48. The molecule has 0 aliphatic rings. The first kappa shape index (κ1) is 14.4. The minimum Gasteiger partial charge on any atom is -0.481 e. The quantitative estimate of drug-likeness (QED) is 0.626. The van der Waals surface area contributed by atoms with Crippen LogP contribution in [0.25, 0.3) is 0 Å². The number of nitrogens with zero attached hydrogens (tertiary/aromatic N) is 1. The van der Waals surface area contributed by atoms with E-state index in [0.717, 1.165) is 24.1 Å². The standard InChI is InChI=1S/C11H23NO3/c1-10(6-5-7-11(13)14)15-9-8-12(2,3)4/h10H,5-9H2,1-4H3/p+1. The molecule has 0 bridgehead atoms. The molecule has 0 amide bonds. The molecule has 0 aliphatic carbocycles. The lowest BCUT2D eigenvalue weighted by atomic mass is 10.2. The zero-order valence-corrected chi connectivity index (χ0v) is 10.3. The van der Waals surface area contributed by atoms with Crippen molar-refractivity contribution in [1.82, 2.24) is 0 Å². The summed E-state index contributed by atoms with van der Waals surface area (Å²) in [5, 5.41) is 8.47. The minimum absolute atomic E-state index is 0.163. The fourth-order valence-electron chi connectivity index (χ4n) is 1.15. The van der Waals surface area contributed by atoms with Crippen LogP contribution in [-0.2, 0) is 9.53 Å². The summed E-state index contributed by atoms with van der Waals surface area (Å²) in [7, 11) is 6.37. The molecule has 0 aromatic heterocycles. The summed E-state index contributed by atoms with van der Waals surface area (Å²) in [4.78, 5) is 10.3. The van der Waals surface area contributed by atoms with E-state index in [1.165, 1.54) is 0 Å². The van der Waals surface area contributed by atoms with Crippen LogP contribution >= 0.6 is 0 Å². The number of carboxylic acid groups (broad SMARTS) is 1. The first-order valence-electron chi connectivity index (χ1n) is 5.45. The molecule has 15 heavy (non-hydrogen) atoms. The Morgan fingerprint density at radius 3 is 2.47 bits per heavy atom. The summed E-state index contributed by atoms with van der Waals surface area (Å²) in [5.41, 5.74) is 0. The van der Waals surface area contributed by atoms with Crippen molar-refractivity contribution in [1.29, 1.82) is 0 Å². The van der Waals surface area contributed by atoms with Gasteiger partial charge in [0.25, 0.3) is 0 Å². The van der Waals surface area contributed by atoms with Crippen molar-refractivity contribution in [3.05, 3.63) is 0 Å². The number of hydrogen-bond donors (Lipinski definition) is 1. The van der Waals surface area contributed by atoms with Crippen molar-refractivity contribution >= 4 is 5.97 Å². The van der Waals surface area contributed by atoms with E-state index >= 15 is 0 Å². The predicted octanol–water partition coefficient (Wildman–Crippen LogP) is 1.35. The van der Waals surface area contributed by atoms with Gasteiger partial charge in [-0.3, -0.25) is 4.79 Å². The van der Waals surface area contributed by atoms with E-state index in [4.69, 9.17) is 9.84 Å². The van der Waals surface area contributed by atoms with Gasteiger partial charge in [0.15, 0.2) is 0 Å². The highest BCUT2D eigenvalue weighted by Crippen LogP contribution is 2.04. The van der Waals surface area contributed by atoms with Crippen LogP contribution in [-0.4, -0.2) is 56.0 Å². The van der Waals surface area contributed by atoms with Crippen LogP contribution in [0.15, 0.2) is 0 Å². The molecule has 0 radical (unpaired) electrons. The monoisotopic (exact) mass is 218 g/mol. The Morgan fingerprint density at radius 2 is 2.00 bits per heavy atom. The predicted molar refractivity (Wildman–Crippen MR) is 59.8 cm³/mol. The van der Waals surface area contributed by atoms with Gasteiger partial charge < -0.3 is 14.3 Å². The molecule has 4 heteroatoms. The Balaban J connectivity index is 3.41. The average Bonchev–Trinajstić information content (AvgIpc) is 2.00. The first-order valence-corrected chi connectivity index (χ1v) is 5.45. The number of carboxylic acids is 1. The molecular weight excluding hydrogens is 194 g/mol. The second-order valence-corrected chi connectivity index (χ2v) is 4.98. The third kappa shape index (κ3) is 11.3. The van der Waals surface area contributed by atoms with Crippen molar-refractivity contribution in [3.63, 3.8) is 0 Å². The Bertz CT molecular complexity index is 187. The van der Waals surface area contributed by atoms with E-state index in [9.17, 15) is 4.79 Å². The Hall–Kier alpha value is -0.610. The van der Waals surface area contributed by atoms with Gasteiger partial charge in [0.05, 0.1) is 33.9 Å². The van der Waals surface area contributed by atoms with E-state index in [0.29, 0.717) is 6.42 Å². The first-order chi connectivity index (χ1) is 6.81. The number of hydrogen-bond acceptors (Lipinski definition) is 2. The smallest absolute Gasteiger partial charge is 0.303 e. The van der Waals surface area contributed by atoms with Crippen LogP contribution in [0, 0.1) is 0 Å². The molecule has 0 aromatic carbocycles. The van der Waals surface area contributed by atoms with E-state index < -0.39 is 5.97 Å². The van der Waals surface area contributed by atoms with Gasteiger partial charge in [-0.25, -0.2) is 0 Å². The van der Waals surface area contributed by atoms with Crippen LogP contribution in [0.3, 0.4) is 0 Å². The van der Waals surface area contributed by atoms with Gasteiger partial charge >= 0.3 is 5.97 Å². The Morgan fingerprint density at radius 1 is 1.40 bits per heavy atom. The second-order valence-electron chi connectivity index (χ2n) is 4.98. The van der Waals surface area contributed by atoms with Gasteiger partial charge in [0.2, 0.25) is 0 Å². The number of aliphatic carboxylic acids is 1. The molecule has 4 nitrogen and oxygen atoms in total. The van der Waals surface area contributed by atoms with Crippen molar-refractivity contribution in [2.24, 2.45) is 0 Å². The number of likely N-dealkylation sites (N-methyl/N-ethyl adjacent to an activating group) is 1. The molecule has 0 rings (SSSR count). The molecule has 0 saturated carbocycles. The second kappa shape index (κ2) is 6.80. The lowest BCUT2D eigenvalue weighted by Crippen LogP contribution is -2.38. The lowest BCUT2D eigenvalue weighted by molar-refractivity contribution is -0.870. The van der Waals surface area contributed by atoms with Gasteiger partial charge in [-0.15, -0.1) is 0 Å². The van der Waals surface area contributed by atoms with Crippen LogP contribution in [0.1, 0.15) is 26.2 Å². The van der Waals surface area contributed by atoms with Gasteiger partial charge in [-0.2, -0.15) is 0 Å². The zero-order valence-electron chi connectivity index (χ0n) is 10.3. The summed E-state index contributed by atoms with van der Waals surface area (Å²) >= 11 is 0. The van der Waals surface area contributed by atoms with E-state index in [1.54, 1.807) is 0 Å². The van der Waals surface area contributed by atoms with Gasteiger partial charge in [0.1, 0.15) is 6.54 Å². The molecule has 1 atom stereocenters. The van der Waals surface area contributed by atoms with Crippen molar-refractivity contribution in [3.8, 4) is 0 Å². The molecule has 0 aliphatic heterocycles. The zero-order chi connectivity index (χ0) is 11.9. The highest BCUT2D eigenvalue weighted by molar-refractivity contribution is 5.66. The minimum atomic E-state index is -0.728. The summed E-state index contributed by atoms with van der Waals surface area (Å²) in [5.74, 6) is -0.728. The lowest BCUT2D eigenvalue weighted by Gasteiger charge is -2.24. The molecular formula is C11H24NO3+. The summed E-state index contributed by atoms with van der Waals surface area (Å²) in [6.07, 6.45) is 1.92. The summed E-state index contributed by atoms with van der Waals surface area (Å²) in [6.45, 7) is 3.71. The molecule has 1 unspecified atom stereocenters. The third-order valence-electron chi connectivity index (χ3n) is 2.17. The molecule has 0 aromatic rings. The van der Waals surface area contributed by atoms with Crippen molar-refractivity contribution in [2.45, 2.75) is 32.3 Å². The molecule has 1 N–H and O–H groups in total. The van der Waals surface area contributed by atoms with Crippen molar-refractivity contribution < 1.29 is 19.1 Å². The van der Waals surface area contributed by atoms with Crippen LogP contribution < -0.4 is 0 Å². The molecule has 0 heterocycles. The van der Waals surface area contributed by atoms with E-state index in [2.05, 4.69) is 21.1 Å². The van der Waals surface area contributed by atoms with Crippen LogP contribution in [0.4, 0.5) is 0 Å². The van der Waals surface area contributed by atoms with Crippen LogP contribution in [0.5, 0.6) is 0 Å². The van der Waals surface area contributed by atoms with Gasteiger partial charge in [-0.1, -0.05) is 0 Å². The van der Waals surface area contributed by atoms with Crippen molar-refractivity contribution in [2.75, 3.05) is 34.3 Å². The van der Waals surface area contributed by atoms with Crippen LogP contribution in [0.2, 0.25) is 0 Å². The molecule has 0 fully saturated rings. The van der Waals surface area contributed by atoms with E-state index in [-0.39, 0.29) is 12.5 Å². The summed E-state index contributed by atoms with van der Waals surface area (Å²) in [6, 6.07) is 0. The Kier molecular flexibility index (Phi) is 6.52. The Labute approximate surface area is 92.4 Å². The fourth-order valence-corrected chi connectivity index (χ4v) is 1.15. The van der Waals surface area contributed by atoms with Gasteiger partial charge in [-0.05, 0) is 19.8 Å². The number of rotatable bonds is 8. The van der Waals surface area contributed by atoms with Gasteiger partial charge in [0, 0.05) is 6.42 Å². The highest BCUT2D eigenvalue weighted by atomic mass is 16.5. The number of carbonyl (C=O) groups is 1. The highest BCUT2D eigenvalue weighted by Gasteiger charge is 2.09. The number of ether oxygens (including phenoxy) is 1. The number of quaternary nitrogens is 1. The normalized spacial score (nSPS) is 13.9. The maximum atomic E-state index is 10.3. The molecule has 90 valence electrons. The topological polar surface area (TPSA) is 46.5 Å². The third-order valence-corrected chi connectivity index (χ3v) is 2.17. The fraction of sp³-hybridized carbons (Fsp3) is 0.909. The SMILES string of the molecule is CC(CCCC(=O)O)OCC[N+](C)(C)C. The molecule has 0 spiro atoms.